The Bertz CT molecular complexity index is 269. The van der Waals surface area contributed by atoms with E-state index in [2.05, 4.69) is 27.2 Å². The highest BCUT2D eigenvalue weighted by atomic mass is 15.2. The molecule has 1 fully saturated rings. The molecule has 0 aliphatic carbocycles. The van der Waals surface area contributed by atoms with Crippen LogP contribution in [0.5, 0.6) is 0 Å². The van der Waals surface area contributed by atoms with Crippen molar-refractivity contribution in [2.75, 3.05) is 25.0 Å². The Morgan fingerprint density at radius 1 is 1.57 bits per heavy atom. The van der Waals surface area contributed by atoms with Crippen LogP contribution in [0.1, 0.15) is 12.8 Å². The Labute approximate surface area is 84.4 Å². The van der Waals surface area contributed by atoms with Gasteiger partial charge in [-0.05, 0) is 19.4 Å². The summed E-state index contributed by atoms with van der Waals surface area (Å²) in [7, 11) is 2.06. The van der Waals surface area contributed by atoms with Gasteiger partial charge in [-0.25, -0.2) is 4.98 Å². The highest BCUT2D eigenvalue weighted by Crippen LogP contribution is 2.10. The number of rotatable bonds is 3. The van der Waals surface area contributed by atoms with Crippen LogP contribution in [0.25, 0.3) is 0 Å². The number of aromatic nitrogens is 2. The molecule has 0 saturated carbocycles. The molecule has 1 aliphatic heterocycles. The number of hydrogen-bond acceptors (Lipinski definition) is 4. The first-order valence-electron chi connectivity index (χ1n) is 5.07. The highest BCUT2D eigenvalue weighted by Gasteiger charge is 2.16. The number of anilines is 1. The Kier molecular flexibility index (Phi) is 2.93. The molecule has 0 amide bonds. The molecule has 2 heterocycles. The molecule has 14 heavy (non-hydrogen) atoms. The topological polar surface area (TPSA) is 41.0 Å². The lowest BCUT2D eigenvalue weighted by Crippen LogP contribution is -2.35. The highest BCUT2D eigenvalue weighted by molar-refractivity contribution is 5.33. The van der Waals surface area contributed by atoms with E-state index in [0.717, 1.165) is 18.9 Å². The smallest absolute Gasteiger partial charge is 0.146 e. The van der Waals surface area contributed by atoms with E-state index in [0.29, 0.717) is 6.04 Å². The van der Waals surface area contributed by atoms with Crippen molar-refractivity contribution in [3.63, 3.8) is 0 Å². The number of nitrogens with one attached hydrogen (secondary N) is 1. The monoisotopic (exact) mass is 192 g/mol. The van der Waals surface area contributed by atoms with Gasteiger partial charge in [-0.1, -0.05) is 0 Å². The molecule has 1 N–H and O–H groups in total. The van der Waals surface area contributed by atoms with E-state index in [4.69, 9.17) is 0 Å². The van der Waals surface area contributed by atoms with Crippen molar-refractivity contribution in [2.24, 2.45) is 0 Å². The number of likely N-dealkylation sites (N-methyl/N-ethyl adjacent to an activating group) is 1. The van der Waals surface area contributed by atoms with E-state index in [9.17, 15) is 0 Å². The Morgan fingerprint density at radius 2 is 2.50 bits per heavy atom. The first kappa shape index (κ1) is 9.40. The fourth-order valence-corrected chi connectivity index (χ4v) is 1.82. The average Bonchev–Trinajstić information content (AvgIpc) is 2.72. The van der Waals surface area contributed by atoms with Crippen LogP contribution in [0.2, 0.25) is 0 Å². The van der Waals surface area contributed by atoms with Gasteiger partial charge in [0.15, 0.2) is 0 Å². The Hall–Kier alpha value is -1.16. The second-order valence-corrected chi connectivity index (χ2v) is 3.74. The fraction of sp³-hybridized carbons (Fsp3) is 0.600. The maximum absolute atomic E-state index is 4.26. The predicted octanol–water partition coefficient (Wildman–Crippen LogP) is 0.665. The van der Waals surface area contributed by atoms with Crippen molar-refractivity contribution in [3.8, 4) is 0 Å². The third kappa shape index (κ3) is 2.20. The molecule has 1 aliphatic rings. The largest absolute Gasteiger partial charge is 0.357 e. The van der Waals surface area contributed by atoms with Gasteiger partial charge in [0.05, 0.1) is 6.20 Å². The van der Waals surface area contributed by atoms with Crippen molar-refractivity contribution < 1.29 is 0 Å². The second kappa shape index (κ2) is 4.37. The van der Waals surface area contributed by atoms with Crippen LogP contribution in [0, 0.1) is 0 Å². The van der Waals surface area contributed by atoms with Crippen molar-refractivity contribution in [3.05, 3.63) is 18.6 Å². The zero-order valence-corrected chi connectivity index (χ0v) is 8.48. The van der Waals surface area contributed by atoms with Gasteiger partial charge in [-0.15, -0.1) is 0 Å². The van der Waals surface area contributed by atoms with E-state index in [1.807, 2.05) is 0 Å². The molecule has 2 rings (SSSR count). The van der Waals surface area contributed by atoms with Crippen LogP contribution in [0.3, 0.4) is 0 Å². The molecule has 0 spiro atoms. The van der Waals surface area contributed by atoms with E-state index >= 15 is 0 Å². The van der Waals surface area contributed by atoms with Gasteiger partial charge in [0.1, 0.15) is 5.82 Å². The molecule has 1 aromatic rings. The molecule has 0 bridgehead atoms. The normalized spacial score (nSPS) is 21.1. The van der Waals surface area contributed by atoms with Gasteiger partial charge in [-0.2, -0.15) is 0 Å². The zero-order chi connectivity index (χ0) is 9.80. The van der Waals surface area contributed by atoms with Crippen LogP contribution in [0.4, 0.5) is 5.82 Å². The first-order valence-corrected chi connectivity index (χ1v) is 5.07. The zero-order valence-electron chi connectivity index (χ0n) is 8.48. The minimum atomic E-state index is 0.613. The molecule has 0 radical (unpaired) electrons. The van der Waals surface area contributed by atoms with E-state index in [-0.39, 0.29) is 0 Å². The van der Waals surface area contributed by atoms with Gasteiger partial charge in [-0.3, -0.25) is 4.98 Å². The summed E-state index contributed by atoms with van der Waals surface area (Å²) in [6, 6.07) is 0.613. The van der Waals surface area contributed by atoms with E-state index in [1.54, 1.807) is 18.6 Å². The molecule has 1 atom stereocenters. The molecule has 76 valence electrons. The van der Waals surface area contributed by atoms with Crippen molar-refractivity contribution in [2.45, 2.75) is 18.9 Å². The third-order valence-electron chi connectivity index (χ3n) is 2.60. The van der Waals surface area contributed by atoms with Crippen LogP contribution in [0.15, 0.2) is 18.6 Å². The lowest BCUT2D eigenvalue weighted by atomic mass is 10.2. The number of hydrogen-bond donors (Lipinski definition) is 1. The van der Waals surface area contributed by atoms with Crippen molar-refractivity contribution in [1.29, 1.82) is 0 Å². The van der Waals surface area contributed by atoms with E-state index < -0.39 is 0 Å². The molecule has 4 heteroatoms. The maximum atomic E-state index is 4.26. The fourth-order valence-electron chi connectivity index (χ4n) is 1.82. The van der Waals surface area contributed by atoms with Gasteiger partial charge < -0.3 is 10.2 Å². The molecule has 0 unspecified atom stereocenters. The van der Waals surface area contributed by atoms with Gasteiger partial charge in [0.25, 0.3) is 0 Å². The predicted molar refractivity (Wildman–Crippen MR) is 56.3 cm³/mol. The van der Waals surface area contributed by atoms with Gasteiger partial charge >= 0.3 is 0 Å². The summed E-state index contributed by atoms with van der Waals surface area (Å²) < 4.78 is 0. The maximum Gasteiger partial charge on any atom is 0.146 e. The summed E-state index contributed by atoms with van der Waals surface area (Å²) in [4.78, 5) is 10.5. The van der Waals surface area contributed by atoms with Crippen LogP contribution in [-0.4, -0.2) is 36.1 Å². The summed E-state index contributed by atoms with van der Waals surface area (Å²) in [5.74, 6) is 0.946. The van der Waals surface area contributed by atoms with Gasteiger partial charge in [0.2, 0.25) is 0 Å². The number of nitrogens with zero attached hydrogens (tertiary/aromatic N) is 3. The SMILES string of the molecule is CN(C[C@H]1CCCN1)c1cnccn1. The Balaban J connectivity index is 1.92. The minimum Gasteiger partial charge on any atom is -0.357 e. The lowest BCUT2D eigenvalue weighted by molar-refractivity contribution is 0.597. The quantitative estimate of drug-likeness (QED) is 0.764. The average molecular weight is 192 g/mol. The molecule has 4 nitrogen and oxygen atoms in total. The third-order valence-corrected chi connectivity index (χ3v) is 2.60. The first-order chi connectivity index (χ1) is 6.86. The lowest BCUT2D eigenvalue weighted by Gasteiger charge is -2.21. The molecule has 1 saturated heterocycles. The van der Waals surface area contributed by atoms with Crippen molar-refractivity contribution >= 4 is 5.82 Å². The molecule has 1 aromatic heterocycles. The van der Waals surface area contributed by atoms with Crippen LogP contribution < -0.4 is 10.2 Å². The molecular formula is C10H16N4. The minimum absolute atomic E-state index is 0.613. The van der Waals surface area contributed by atoms with Crippen LogP contribution in [-0.2, 0) is 0 Å². The standard InChI is InChI=1S/C10H16N4/c1-14(8-9-3-2-4-12-9)10-7-11-5-6-13-10/h5-7,9,12H,2-4,8H2,1H3/t9-/m1/s1. The summed E-state index contributed by atoms with van der Waals surface area (Å²) >= 11 is 0. The summed E-state index contributed by atoms with van der Waals surface area (Å²) in [6.45, 7) is 2.16. The van der Waals surface area contributed by atoms with Crippen LogP contribution >= 0.6 is 0 Å². The second-order valence-electron chi connectivity index (χ2n) is 3.74. The molecular weight excluding hydrogens is 176 g/mol. The summed E-state index contributed by atoms with van der Waals surface area (Å²) in [5.41, 5.74) is 0. The summed E-state index contributed by atoms with van der Waals surface area (Å²) in [6.07, 6.45) is 7.79. The Morgan fingerprint density at radius 3 is 3.14 bits per heavy atom. The van der Waals surface area contributed by atoms with Gasteiger partial charge in [0, 0.05) is 32.0 Å². The summed E-state index contributed by atoms with van der Waals surface area (Å²) in [5, 5.41) is 3.47. The molecule has 0 aromatic carbocycles. The van der Waals surface area contributed by atoms with E-state index in [1.165, 1.54) is 12.8 Å². The van der Waals surface area contributed by atoms with Crippen molar-refractivity contribution in [1.82, 2.24) is 15.3 Å².